The van der Waals surface area contributed by atoms with Crippen molar-refractivity contribution in [2.24, 2.45) is 0 Å². The molecule has 0 unspecified atom stereocenters. The highest BCUT2D eigenvalue weighted by molar-refractivity contribution is 5.85. The molecule has 19 heavy (non-hydrogen) atoms. The molecule has 0 bridgehead atoms. The van der Waals surface area contributed by atoms with E-state index < -0.39 is 5.97 Å². The number of rotatable bonds is 4. The second-order valence-corrected chi connectivity index (χ2v) is 4.53. The van der Waals surface area contributed by atoms with Crippen molar-refractivity contribution in [2.45, 2.75) is 19.3 Å². The van der Waals surface area contributed by atoms with Crippen LogP contribution in [0.3, 0.4) is 0 Å². The molecule has 6 nitrogen and oxygen atoms in total. The van der Waals surface area contributed by atoms with Crippen LogP contribution >= 0.6 is 0 Å². The number of hydrogen-bond donors (Lipinski definition) is 2. The van der Waals surface area contributed by atoms with Crippen LogP contribution < -0.4 is 5.32 Å². The van der Waals surface area contributed by atoms with Gasteiger partial charge in [0.2, 0.25) is 5.91 Å². The third-order valence-electron chi connectivity index (χ3n) is 3.14. The number of likely N-dealkylation sites (tertiary alicyclic amines) is 1. The zero-order valence-electron chi connectivity index (χ0n) is 10.6. The molecular weight excluding hydrogens is 246 g/mol. The Bertz CT molecular complexity index is 453. The highest BCUT2D eigenvalue weighted by Crippen LogP contribution is 2.10. The SMILES string of the molecule is O=C(O)c1ccc(NCC(=O)N2CCCCC2)cn1. The van der Waals surface area contributed by atoms with Gasteiger partial charge in [0.25, 0.3) is 0 Å². The number of carbonyl (C=O) groups excluding carboxylic acids is 1. The van der Waals surface area contributed by atoms with Crippen molar-refractivity contribution < 1.29 is 14.7 Å². The fourth-order valence-corrected chi connectivity index (χ4v) is 2.06. The van der Waals surface area contributed by atoms with Crippen LogP contribution in [0.15, 0.2) is 18.3 Å². The molecule has 1 aliphatic rings. The minimum Gasteiger partial charge on any atom is -0.477 e. The summed E-state index contributed by atoms with van der Waals surface area (Å²) >= 11 is 0. The molecule has 2 rings (SSSR count). The zero-order chi connectivity index (χ0) is 13.7. The van der Waals surface area contributed by atoms with Gasteiger partial charge in [-0.15, -0.1) is 0 Å². The Morgan fingerprint density at radius 1 is 1.26 bits per heavy atom. The maximum atomic E-state index is 11.9. The summed E-state index contributed by atoms with van der Waals surface area (Å²) in [6.45, 7) is 1.88. The first-order chi connectivity index (χ1) is 9.16. The molecule has 6 heteroatoms. The van der Waals surface area contributed by atoms with E-state index in [2.05, 4.69) is 10.3 Å². The number of amides is 1. The minimum absolute atomic E-state index is 0.00657. The molecule has 102 valence electrons. The van der Waals surface area contributed by atoms with Gasteiger partial charge in [-0.05, 0) is 31.4 Å². The van der Waals surface area contributed by atoms with Gasteiger partial charge < -0.3 is 15.3 Å². The summed E-state index contributed by atoms with van der Waals surface area (Å²) in [5, 5.41) is 11.7. The van der Waals surface area contributed by atoms with E-state index in [1.165, 1.54) is 18.7 Å². The summed E-state index contributed by atoms with van der Waals surface area (Å²) in [6, 6.07) is 3.02. The van der Waals surface area contributed by atoms with Crippen molar-refractivity contribution in [2.75, 3.05) is 25.0 Å². The smallest absolute Gasteiger partial charge is 0.354 e. The first kappa shape index (κ1) is 13.3. The average molecular weight is 263 g/mol. The van der Waals surface area contributed by atoms with Crippen LogP contribution in [0.1, 0.15) is 29.8 Å². The number of anilines is 1. The number of carboxylic acids is 1. The molecule has 1 fully saturated rings. The lowest BCUT2D eigenvalue weighted by Gasteiger charge is -2.26. The van der Waals surface area contributed by atoms with Crippen LogP contribution in [0.25, 0.3) is 0 Å². The van der Waals surface area contributed by atoms with E-state index in [1.54, 1.807) is 6.07 Å². The molecule has 0 aromatic carbocycles. The molecule has 1 saturated heterocycles. The summed E-state index contributed by atoms with van der Waals surface area (Å²) in [5.41, 5.74) is 0.642. The van der Waals surface area contributed by atoms with E-state index in [-0.39, 0.29) is 18.1 Å². The van der Waals surface area contributed by atoms with Gasteiger partial charge in [-0.3, -0.25) is 4.79 Å². The lowest BCUT2D eigenvalue weighted by Crippen LogP contribution is -2.39. The second kappa shape index (κ2) is 6.17. The van der Waals surface area contributed by atoms with Gasteiger partial charge in [0, 0.05) is 13.1 Å². The summed E-state index contributed by atoms with van der Waals surface area (Å²) in [6.07, 6.45) is 4.76. The number of nitrogens with zero attached hydrogens (tertiary/aromatic N) is 2. The topological polar surface area (TPSA) is 82.5 Å². The van der Waals surface area contributed by atoms with E-state index in [0.29, 0.717) is 5.69 Å². The molecular formula is C13H17N3O3. The maximum absolute atomic E-state index is 11.9. The molecule has 1 amide bonds. The molecule has 0 radical (unpaired) electrons. The summed E-state index contributed by atoms with van der Waals surface area (Å²) in [4.78, 5) is 28.2. The van der Waals surface area contributed by atoms with Crippen molar-refractivity contribution in [1.82, 2.24) is 9.88 Å². The molecule has 2 heterocycles. The zero-order valence-corrected chi connectivity index (χ0v) is 10.6. The average Bonchev–Trinajstić information content (AvgIpc) is 2.46. The Balaban J connectivity index is 1.84. The summed E-state index contributed by atoms with van der Waals surface area (Å²) < 4.78 is 0. The largest absolute Gasteiger partial charge is 0.477 e. The van der Waals surface area contributed by atoms with Crippen LogP contribution in [0.4, 0.5) is 5.69 Å². The van der Waals surface area contributed by atoms with E-state index in [0.717, 1.165) is 25.9 Å². The van der Waals surface area contributed by atoms with Crippen molar-refractivity contribution >= 4 is 17.6 Å². The third-order valence-corrected chi connectivity index (χ3v) is 3.14. The Morgan fingerprint density at radius 2 is 2.00 bits per heavy atom. The minimum atomic E-state index is -1.06. The Labute approximate surface area is 111 Å². The Morgan fingerprint density at radius 3 is 2.58 bits per heavy atom. The number of pyridine rings is 1. The quantitative estimate of drug-likeness (QED) is 0.853. The number of carboxylic acid groups (broad SMARTS) is 1. The normalized spacial score (nSPS) is 15.1. The molecule has 0 aliphatic carbocycles. The van der Waals surface area contributed by atoms with Gasteiger partial charge in [0.15, 0.2) is 0 Å². The third kappa shape index (κ3) is 3.67. The fraction of sp³-hybridized carbons (Fsp3) is 0.462. The molecule has 2 N–H and O–H groups in total. The van der Waals surface area contributed by atoms with E-state index in [9.17, 15) is 9.59 Å². The van der Waals surface area contributed by atoms with Crippen LogP contribution in [-0.2, 0) is 4.79 Å². The van der Waals surface area contributed by atoms with Crippen LogP contribution in [-0.4, -0.2) is 46.5 Å². The molecule has 0 saturated carbocycles. The van der Waals surface area contributed by atoms with Crippen LogP contribution in [0.5, 0.6) is 0 Å². The molecule has 1 aromatic heterocycles. The molecule has 0 atom stereocenters. The maximum Gasteiger partial charge on any atom is 0.354 e. The first-order valence-electron chi connectivity index (χ1n) is 6.38. The fourth-order valence-electron chi connectivity index (χ4n) is 2.06. The van der Waals surface area contributed by atoms with Gasteiger partial charge in [-0.25, -0.2) is 9.78 Å². The number of aromatic nitrogens is 1. The number of carbonyl (C=O) groups is 2. The van der Waals surface area contributed by atoms with E-state index in [4.69, 9.17) is 5.11 Å². The van der Waals surface area contributed by atoms with Crippen molar-refractivity contribution in [3.63, 3.8) is 0 Å². The number of hydrogen-bond acceptors (Lipinski definition) is 4. The highest BCUT2D eigenvalue weighted by Gasteiger charge is 2.15. The van der Waals surface area contributed by atoms with Gasteiger partial charge in [0.05, 0.1) is 18.4 Å². The standard InChI is InChI=1S/C13H17N3O3/c17-12(16-6-2-1-3-7-16)9-14-10-4-5-11(13(18)19)15-8-10/h4-5,8,14H,1-3,6-7,9H2,(H,18,19). The Kier molecular flexibility index (Phi) is 4.33. The van der Waals surface area contributed by atoms with Crippen molar-refractivity contribution in [3.8, 4) is 0 Å². The monoisotopic (exact) mass is 263 g/mol. The first-order valence-corrected chi connectivity index (χ1v) is 6.38. The van der Waals surface area contributed by atoms with Gasteiger partial charge in [-0.2, -0.15) is 0 Å². The van der Waals surface area contributed by atoms with Crippen LogP contribution in [0, 0.1) is 0 Å². The van der Waals surface area contributed by atoms with Crippen LogP contribution in [0.2, 0.25) is 0 Å². The predicted molar refractivity (Wildman–Crippen MR) is 70.1 cm³/mol. The predicted octanol–water partition coefficient (Wildman–Crippen LogP) is 1.20. The van der Waals surface area contributed by atoms with E-state index in [1.807, 2.05) is 4.90 Å². The van der Waals surface area contributed by atoms with Gasteiger partial charge in [-0.1, -0.05) is 0 Å². The van der Waals surface area contributed by atoms with Gasteiger partial charge >= 0.3 is 5.97 Å². The summed E-state index contributed by atoms with van der Waals surface area (Å²) in [5.74, 6) is -0.988. The number of piperidine rings is 1. The van der Waals surface area contributed by atoms with Crippen molar-refractivity contribution in [1.29, 1.82) is 0 Å². The molecule has 0 spiro atoms. The van der Waals surface area contributed by atoms with Gasteiger partial charge in [0.1, 0.15) is 5.69 Å². The lowest BCUT2D eigenvalue weighted by atomic mass is 10.1. The second-order valence-electron chi connectivity index (χ2n) is 4.53. The number of aromatic carboxylic acids is 1. The van der Waals surface area contributed by atoms with E-state index >= 15 is 0 Å². The van der Waals surface area contributed by atoms with Crippen molar-refractivity contribution in [3.05, 3.63) is 24.0 Å². The lowest BCUT2D eigenvalue weighted by molar-refractivity contribution is -0.130. The Hall–Kier alpha value is -2.11. The summed E-state index contributed by atoms with van der Waals surface area (Å²) in [7, 11) is 0. The highest BCUT2D eigenvalue weighted by atomic mass is 16.4. The molecule has 1 aliphatic heterocycles. The number of nitrogens with one attached hydrogen (secondary N) is 1. The molecule has 1 aromatic rings.